The molecule has 0 amide bonds. The molecule has 0 atom stereocenters. The van der Waals surface area contributed by atoms with Crippen molar-refractivity contribution in [2.24, 2.45) is 0 Å². The van der Waals surface area contributed by atoms with Crippen molar-refractivity contribution in [1.29, 1.82) is 0 Å². The smallest absolute Gasteiger partial charge is 0.160 e. The van der Waals surface area contributed by atoms with Gasteiger partial charge in [-0.3, -0.25) is 9.59 Å². The zero-order valence-corrected chi connectivity index (χ0v) is 13.0. The Balaban J connectivity index is 1.57. The summed E-state index contributed by atoms with van der Waals surface area (Å²) in [6.45, 7) is 0. The number of hydrogen-bond acceptors (Lipinski definition) is 4. The fraction of sp³-hybridized carbons (Fsp3) is 0.375. The van der Waals surface area contributed by atoms with Gasteiger partial charge in [-0.05, 0) is 49.9 Å². The molecule has 0 aromatic carbocycles. The van der Waals surface area contributed by atoms with E-state index in [0.29, 0.717) is 0 Å². The second-order valence-electron chi connectivity index (χ2n) is 4.76. The van der Waals surface area contributed by atoms with Crippen LogP contribution in [0.3, 0.4) is 0 Å². The first kappa shape index (κ1) is 15.1. The lowest BCUT2D eigenvalue weighted by Crippen LogP contribution is -1.84. The molecule has 2 aromatic rings. The van der Waals surface area contributed by atoms with Gasteiger partial charge in [0.1, 0.15) is 0 Å². The molecule has 0 radical (unpaired) electrons. The maximum Gasteiger partial charge on any atom is 0.160 e. The van der Waals surface area contributed by atoms with Crippen molar-refractivity contribution in [2.45, 2.75) is 38.5 Å². The lowest BCUT2D eigenvalue weighted by atomic mass is 10.1. The molecule has 2 nitrogen and oxygen atoms in total. The summed E-state index contributed by atoms with van der Waals surface area (Å²) >= 11 is 3.20. The SMILES string of the molecule is O=Cc1ccc(CCCCCCc2ccc(C=O)s2)s1. The lowest BCUT2D eigenvalue weighted by Gasteiger charge is -1.99. The van der Waals surface area contributed by atoms with Crippen LogP contribution in [0.5, 0.6) is 0 Å². The van der Waals surface area contributed by atoms with Gasteiger partial charge < -0.3 is 0 Å². The third-order valence-electron chi connectivity index (χ3n) is 3.19. The van der Waals surface area contributed by atoms with Crippen molar-refractivity contribution in [3.8, 4) is 0 Å². The minimum absolute atomic E-state index is 0.823. The average molecular weight is 306 g/mol. The summed E-state index contributed by atoms with van der Waals surface area (Å²) in [5.41, 5.74) is 0. The van der Waals surface area contributed by atoms with Gasteiger partial charge in [0.05, 0.1) is 9.75 Å². The van der Waals surface area contributed by atoms with Gasteiger partial charge in [-0.2, -0.15) is 0 Å². The van der Waals surface area contributed by atoms with E-state index in [1.165, 1.54) is 35.4 Å². The summed E-state index contributed by atoms with van der Waals surface area (Å²) in [5, 5.41) is 0. The number of carbonyl (C=O) groups excluding carboxylic acids is 2. The van der Waals surface area contributed by atoms with Crippen LogP contribution in [-0.2, 0) is 12.8 Å². The fourth-order valence-corrected chi connectivity index (χ4v) is 3.88. The molecule has 106 valence electrons. The molecule has 0 N–H and O–H groups in total. The highest BCUT2D eigenvalue weighted by Gasteiger charge is 2.01. The summed E-state index contributed by atoms with van der Waals surface area (Å²) in [4.78, 5) is 25.4. The van der Waals surface area contributed by atoms with Crippen molar-refractivity contribution >= 4 is 35.2 Å². The minimum atomic E-state index is 0.823. The van der Waals surface area contributed by atoms with Crippen molar-refractivity contribution in [3.63, 3.8) is 0 Å². The molecule has 2 heterocycles. The van der Waals surface area contributed by atoms with Gasteiger partial charge >= 0.3 is 0 Å². The molecule has 0 fully saturated rings. The Kier molecular flexibility index (Phi) is 6.15. The Labute approximate surface area is 127 Å². The minimum Gasteiger partial charge on any atom is -0.297 e. The van der Waals surface area contributed by atoms with E-state index in [0.717, 1.165) is 35.2 Å². The van der Waals surface area contributed by atoms with Crippen LogP contribution >= 0.6 is 22.7 Å². The highest BCUT2D eigenvalue weighted by atomic mass is 32.1. The van der Waals surface area contributed by atoms with Crippen LogP contribution in [0.25, 0.3) is 0 Å². The summed E-state index contributed by atoms with van der Waals surface area (Å²) in [7, 11) is 0. The first-order chi connectivity index (χ1) is 9.81. The van der Waals surface area contributed by atoms with Crippen molar-refractivity contribution in [3.05, 3.63) is 43.8 Å². The van der Waals surface area contributed by atoms with Gasteiger partial charge in [-0.25, -0.2) is 0 Å². The topological polar surface area (TPSA) is 34.1 Å². The van der Waals surface area contributed by atoms with E-state index in [9.17, 15) is 9.59 Å². The molecule has 0 unspecified atom stereocenters. The maximum atomic E-state index is 10.6. The zero-order valence-electron chi connectivity index (χ0n) is 11.3. The second kappa shape index (κ2) is 8.12. The number of hydrogen-bond donors (Lipinski definition) is 0. The van der Waals surface area contributed by atoms with Crippen molar-refractivity contribution < 1.29 is 9.59 Å². The number of rotatable bonds is 9. The molecular weight excluding hydrogens is 288 g/mol. The van der Waals surface area contributed by atoms with Crippen LogP contribution in [0.15, 0.2) is 24.3 Å². The molecular formula is C16H18O2S2. The third-order valence-corrected chi connectivity index (χ3v) is 5.33. The standard InChI is InChI=1S/C16H18O2S2/c17-11-15-9-7-13(19-15)5-3-1-2-4-6-14-8-10-16(12-18)20-14/h7-12H,1-6H2. The van der Waals surface area contributed by atoms with Gasteiger partial charge in [0.25, 0.3) is 0 Å². The molecule has 2 aromatic heterocycles. The van der Waals surface area contributed by atoms with Crippen LogP contribution in [0.1, 0.15) is 54.8 Å². The molecule has 0 bridgehead atoms. The predicted octanol–water partition coefficient (Wildman–Crippen LogP) is 4.78. The maximum absolute atomic E-state index is 10.6. The van der Waals surface area contributed by atoms with Crippen LogP contribution in [0.2, 0.25) is 0 Å². The second-order valence-corrected chi connectivity index (χ2v) is 7.16. The quantitative estimate of drug-likeness (QED) is 0.493. The summed E-state index contributed by atoms with van der Waals surface area (Å²) < 4.78 is 0. The van der Waals surface area contributed by atoms with Crippen molar-refractivity contribution in [1.82, 2.24) is 0 Å². The van der Waals surface area contributed by atoms with Gasteiger partial charge in [-0.1, -0.05) is 12.8 Å². The van der Waals surface area contributed by atoms with E-state index in [-0.39, 0.29) is 0 Å². The highest BCUT2D eigenvalue weighted by Crippen LogP contribution is 2.19. The summed E-state index contributed by atoms with van der Waals surface area (Å²) in [6, 6.07) is 7.91. The normalized spacial score (nSPS) is 10.6. The van der Waals surface area contributed by atoms with Crippen LogP contribution in [0, 0.1) is 0 Å². The Morgan fingerprint density at radius 1 is 0.700 bits per heavy atom. The van der Waals surface area contributed by atoms with E-state index in [1.54, 1.807) is 22.7 Å². The largest absolute Gasteiger partial charge is 0.297 e. The van der Waals surface area contributed by atoms with E-state index >= 15 is 0 Å². The predicted molar refractivity (Wildman–Crippen MR) is 85.3 cm³/mol. The van der Waals surface area contributed by atoms with Crippen LogP contribution in [0.4, 0.5) is 0 Å². The summed E-state index contributed by atoms with van der Waals surface area (Å²) in [6.07, 6.45) is 8.80. The molecule has 4 heteroatoms. The first-order valence-electron chi connectivity index (χ1n) is 6.89. The zero-order chi connectivity index (χ0) is 14.2. The Hall–Kier alpha value is -1.26. The molecule has 0 saturated carbocycles. The van der Waals surface area contributed by atoms with Crippen molar-refractivity contribution in [2.75, 3.05) is 0 Å². The number of aryl methyl sites for hydroxylation is 2. The Morgan fingerprint density at radius 2 is 1.15 bits per heavy atom. The average Bonchev–Trinajstić information content (AvgIpc) is 3.11. The number of thiophene rings is 2. The summed E-state index contributed by atoms with van der Waals surface area (Å²) in [5.74, 6) is 0. The van der Waals surface area contributed by atoms with E-state index in [1.807, 2.05) is 12.1 Å². The number of carbonyl (C=O) groups is 2. The van der Waals surface area contributed by atoms with E-state index in [2.05, 4.69) is 12.1 Å². The van der Waals surface area contributed by atoms with E-state index < -0.39 is 0 Å². The molecule has 2 rings (SSSR count). The lowest BCUT2D eigenvalue weighted by molar-refractivity contribution is 0.111. The van der Waals surface area contributed by atoms with E-state index in [4.69, 9.17) is 0 Å². The van der Waals surface area contributed by atoms with Gasteiger partial charge in [0.15, 0.2) is 12.6 Å². The van der Waals surface area contributed by atoms with Crippen LogP contribution < -0.4 is 0 Å². The monoisotopic (exact) mass is 306 g/mol. The molecule has 20 heavy (non-hydrogen) atoms. The third kappa shape index (κ3) is 4.69. The van der Waals surface area contributed by atoms with Gasteiger partial charge in [0.2, 0.25) is 0 Å². The van der Waals surface area contributed by atoms with Gasteiger partial charge in [-0.15, -0.1) is 22.7 Å². The molecule has 0 aliphatic heterocycles. The Morgan fingerprint density at radius 3 is 1.50 bits per heavy atom. The molecule has 0 aliphatic rings. The molecule has 0 aliphatic carbocycles. The first-order valence-corrected chi connectivity index (χ1v) is 8.53. The number of unbranched alkanes of at least 4 members (excludes halogenated alkanes) is 3. The van der Waals surface area contributed by atoms with Crippen LogP contribution in [-0.4, -0.2) is 12.6 Å². The number of aldehydes is 2. The fourth-order valence-electron chi connectivity index (χ4n) is 2.14. The highest BCUT2D eigenvalue weighted by molar-refractivity contribution is 7.13. The Bertz CT molecular complexity index is 504. The molecule has 0 saturated heterocycles. The van der Waals surface area contributed by atoms with Gasteiger partial charge in [0, 0.05) is 9.75 Å². The molecule has 0 spiro atoms.